The molecule has 2 aromatic rings. The first-order valence-electron chi connectivity index (χ1n) is 12.6. The highest BCUT2D eigenvalue weighted by atomic mass is 35.5. The third kappa shape index (κ3) is 9.06. The highest BCUT2D eigenvalue weighted by molar-refractivity contribution is 7.92. The maximum atomic E-state index is 13.5. The number of unbranched alkanes of at least 4 members (excludes halogenated alkanes) is 1. The Labute approximate surface area is 236 Å². The fourth-order valence-corrected chi connectivity index (χ4v) is 5.37. The number of nitrogens with zero attached hydrogens (tertiary/aromatic N) is 2. The molecule has 0 aromatic heterocycles. The molecule has 0 fully saturated rings. The van der Waals surface area contributed by atoms with Crippen LogP contribution < -0.4 is 14.4 Å². The quantitative estimate of drug-likeness (QED) is 0.287. The molecule has 2 aromatic carbocycles. The van der Waals surface area contributed by atoms with E-state index in [0.717, 1.165) is 24.7 Å². The van der Waals surface area contributed by atoms with E-state index in [0.29, 0.717) is 34.4 Å². The number of rotatable bonds is 15. The van der Waals surface area contributed by atoms with Crippen LogP contribution in [-0.2, 0) is 26.2 Å². The zero-order valence-corrected chi connectivity index (χ0v) is 24.7. The van der Waals surface area contributed by atoms with E-state index in [4.69, 9.17) is 27.9 Å². The summed E-state index contributed by atoms with van der Waals surface area (Å²) < 4.78 is 31.7. The van der Waals surface area contributed by atoms with Crippen molar-refractivity contribution < 1.29 is 22.7 Å². The molecule has 2 rings (SSSR count). The lowest BCUT2D eigenvalue weighted by molar-refractivity contribution is -0.141. The van der Waals surface area contributed by atoms with E-state index in [1.165, 1.54) is 16.3 Å². The van der Waals surface area contributed by atoms with Crippen molar-refractivity contribution in [2.45, 2.75) is 58.5 Å². The van der Waals surface area contributed by atoms with Crippen LogP contribution >= 0.6 is 23.2 Å². The molecule has 0 bridgehead atoms. The second-order valence-corrected chi connectivity index (χ2v) is 11.7. The van der Waals surface area contributed by atoms with Gasteiger partial charge in [-0.1, -0.05) is 61.7 Å². The molecular formula is C27H37Cl2N3O5S. The van der Waals surface area contributed by atoms with E-state index in [1.54, 1.807) is 42.5 Å². The number of sulfonamides is 1. The molecule has 2 amide bonds. The van der Waals surface area contributed by atoms with Gasteiger partial charge in [0.15, 0.2) is 0 Å². The number of hydrogen-bond donors (Lipinski definition) is 1. The van der Waals surface area contributed by atoms with Gasteiger partial charge in [-0.25, -0.2) is 8.42 Å². The Hall–Kier alpha value is -2.49. The molecule has 1 N–H and O–H groups in total. The van der Waals surface area contributed by atoms with Gasteiger partial charge >= 0.3 is 0 Å². The van der Waals surface area contributed by atoms with Crippen molar-refractivity contribution in [3.63, 3.8) is 0 Å². The second kappa shape index (κ2) is 15.2. The van der Waals surface area contributed by atoms with Crippen molar-refractivity contribution in [2.75, 3.05) is 30.8 Å². The Morgan fingerprint density at radius 1 is 1.05 bits per heavy atom. The van der Waals surface area contributed by atoms with Gasteiger partial charge in [-0.05, 0) is 49.1 Å². The van der Waals surface area contributed by atoms with Crippen molar-refractivity contribution in [3.05, 3.63) is 58.1 Å². The maximum absolute atomic E-state index is 13.5. The van der Waals surface area contributed by atoms with Crippen LogP contribution in [0.4, 0.5) is 5.69 Å². The largest absolute Gasteiger partial charge is 0.495 e. The van der Waals surface area contributed by atoms with Gasteiger partial charge in [0.25, 0.3) is 0 Å². The molecular weight excluding hydrogens is 549 g/mol. The number of hydrogen-bond acceptors (Lipinski definition) is 5. The van der Waals surface area contributed by atoms with Crippen LogP contribution in [0.1, 0.15) is 51.5 Å². The SMILES string of the molecule is CCCCNC(=O)C(CC)N(Cc1ccc(Cl)c(Cl)c1)C(=O)CCCN(c1ccccc1OC)S(C)(=O)=O. The van der Waals surface area contributed by atoms with Gasteiger partial charge in [0, 0.05) is 26.1 Å². The molecule has 0 heterocycles. The Morgan fingerprint density at radius 3 is 2.37 bits per heavy atom. The van der Waals surface area contributed by atoms with Crippen molar-refractivity contribution >= 4 is 50.7 Å². The van der Waals surface area contributed by atoms with Crippen LogP contribution in [-0.4, -0.2) is 57.6 Å². The first kappa shape index (κ1) is 31.7. The fourth-order valence-electron chi connectivity index (χ4n) is 4.08. The summed E-state index contributed by atoms with van der Waals surface area (Å²) in [5.74, 6) is -0.0662. The monoisotopic (exact) mass is 585 g/mol. The molecule has 11 heteroatoms. The van der Waals surface area contributed by atoms with Gasteiger partial charge in [0.05, 0.1) is 29.1 Å². The molecule has 1 unspecified atom stereocenters. The van der Waals surface area contributed by atoms with Gasteiger partial charge in [-0.15, -0.1) is 0 Å². The Balaban J connectivity index is 2.25. The van der Waals surface area contributed by atoms with Crippen LogP contribution in [0.15, 0.2) is 42.5 Å². The summed E-state index contributed by atoms with van der Waals surface area (Å²) in [6.45, 7) is 4.66. The lowest BCUT2D eigenvalue weighted by Gasteiger charge is -2.31. The zero-order chi connectivity index (χ0) is 28.3. The van der Waals surface area contributed by atoms with Crippen molar-refractivity contribution in [3.8, 4) is 5.75 Å². The summed E-state index contributed by atoms with van der Waals surface area (Å²) in [7, 11) is -2.16. The fraction of sp³-hybridized carbons (Fsp3) is 0.481. The van der Waals surface area contributed by atoms with Crippen LogP contribution in [0.25, 0.3) is 0 Å². The number of ether oxygens (including phenoxy) is 1. The molecule has 0 saturated heterocycles. The van der Waals surface area contributed by atoms with Gasteiger partial charge in [-0.3, -0.25) is 13.9 Å². The molecule has 0 aliphatic heterocycles. The topological polar surface area (TPSA) is 96.0 Å². The average Bonchev–Trinajstić information content (AvgIpc) is 2.88. The summed E-state index contributed by atoms with van der Waals surface area (Å²) in [6.07, 6.45) is 3.60. The van der Waals surface area contributed by atoms with E-state index >= 15 is 0 Å². The molecule has 1 atom stereocenters. The van der Waals surface area contributed by atoms with Crippen LogP contribution in [0.3, 0.4) is 0 Å². The first-order chi connectivity index (χ1) is 18.0. The predicted octanol–water partition coefficient (Wildman–Crippen LogP) is 5.27. The summed E-state index contributed by atoms with van der Waals surface area (Å²) in [6, 6.07) is 11.2. The minimum absolute atomic E-state index is 0.0429. The van der Waals surface area contributed by atoms with Crippen molar-refractivity contribution in [1.82, 2.24) is 10.2 Å². The molecule has 0 saturated carbocycles. The summed E-state index contributed by atoms with van der Waals surface area (Å²) in [5.41, 5.74) is 1.14. The molecule has 0 spiro atoms. The second-order valence-electron chi connectivity index (χ2n) is 8.95. The van der Waals surface area contributed by atoms with E-state index in [9.17, 15) is 18.0 Å². The Bertz CT molecular complexity index is 1190. The Morgan fingerprint density at radius 2 is 1.76 bits per heavy atom. The normalized spacial score (nSPS) is 12.1. The lowest BCUT2D eigenvalue weighted by atomic mass is 10.1. The summed E-state index contributed by atoms with van der Waals surface area (Å²) >= 11 is 12.3. The van der Waals surface area contributed by atoms with E-state index in [1.807, 2.05) is 13.8 Å². The van der Waals surface area contributed by atoms with Crippen LogP contribution in [0.2, 0.25) is 10.0 Å². The number of nitrogens with one attached hydrogen (secondary N) is 1. The van der Waals surface area contributed by atoms with Gasteiger partial charge in [-0.2, -0.15) is 0 Å². The highest BCUT2D eigenvalue weighted by Crippen LogP contribution is 2.30. The molecule has 8 nitrogen and oxygen atoms in total. The van der Waals surface area contributed by atoms with E-state index in [-0.39, 0.29) is 37.7 Å². The third-order valence-electron chi connectivity index (χ3n) is 6.06. The number of benzene rings is 2. The van der Waals surface area contributed by atoms with Crippen LogP contribution in [0, 0.1) is 0 Å². The molecule has 210 valence electrons. The predicted molar refractivity (Wildman–Crippen MR) is 153 cm³/mol. The van der Waals surface area contributed by atoms with Gasteiger partial charge in [0.2, 0.25) is 21.8 Å². The summed E-state index contributed by atoms with van der Waals surface area (Å²) in [4.78, 5) is 28.1. The number of anilines is 1. The smallest absolute Gasteiger partial charge is 0.242 e. The highest BCUT2D eigenvalue weighted by Gasteiger charge is 2.29. The van der Waals surface area contributed by atoms with Crippen LogP contribution in [0.5, 0.6) is 5.75 Å². The summed E-state index contributed by atoms with van der Waals surface area (Å²) in [5, 5.41) is 3.68. The van der Waals surface area contributed by atoms with Gasteiger partial charge in [0.1, 0.15) is 11.8 Å². The maximum Gasteiger partial charge on any atom is 0.242 e. The number of amides is 2. The number of carbonyl (C=O) groups excluding carboxylic acids is 2. The lowest BCUT2D eigenvalue weighted by Crippen LogP contribution is -2.49. The average molecular weight is 587 g/mol. The standard InChI is InChI=1S/C27H37Cl2N3O5S/c1-5-7-16-30-27(34)23(6-2)31(19-20-14-15-21(28)22(29)18-20)26(33)13-10-17-32(38(4,35)36)24-11-8-9-12-25(24)37-3/h8-9,11-12,14-15,18,23H,5-7,10,13,16-17,19H2,1-4H3,(H,30,34). The van der Waals surface area contributed by atoms with Crippen molar-refractivity contribution in [2.24, 2.45) is 0 Å². The molecule has 0 aliphatic carbocycles. The number of halogens is 2. The Kier molecular flexibility index (Phi) is 12.7. The number of methoxy groups -OCH3 is 1. The van der Waals surface area contributed by atoms with Crippen molar-refractivity contribution in [1.29, 1.82) is 0 Å². The van der Waals surface area contributed by atoms with E-state index in [2.05, 4.69) is 5.32 Å². The third-order valence-corrected chi connectivity index (χ3v) is 7.98. The molecule has 0 radical (unpaired) electrons. The number of carbonyl (C=O) groups is 2. The minimum atomic E-state index is -3.64. The first-order valence-corrected chi connectivity index (χ1v) is 15.3. The zero-order valence-electron chi connectivity index (χ0n) is 22.4. The molecule has 0 aliphatic rings. The minimum Gasteiger partial charge on any atom is -0.495 e. The number of para-hydroxylation sites is 2. The van der Waals surface area contributed by atoms with E-state index < -0.39 is 16.1 Å². The molecule has 38 heavy (non-hydrogen) atoms. The van der Waals surface area contributed by atoms with Gasteiger partial charge < -0.3 is 15.0 Å².